The van der Waals surface area contributed by atoms with Crippen molar-refractivity contribution in [2.45, 2.75) is 20.8 Å². The van der Waals surface area contributed by atoms with E-state index in [1.807, 2.05) is 6.07 Å². The van der Waals surface area contributed by atoms with Crippen LogP contribution in [-0.2, 0) is 0 Å². The van der Waals surface area contributed by atoms with Crippen molar-refractivity contribution in [3.63, 3.8) is 0 Å². The Hall–Kier alpha value is -2.36. The van der Waals surface area contributed by atoms with E-state index in [2.05, 4.69) is 67.6 Å². The summed E-state index contributed by atoms with van der Waals surface area (Å²) in [5.41, 5.74) is 4.67. The zero-order valence-electron chi connectivity index (χ0n) is 13.5. The molecule has 3 nitrogen and oxygen atoms in total. The van der Waals surface area contributed by atoms with Crippen LogP contribution in [0.4, 0.5) is 5.69 Å². The van der Waals surface area contributed by atoms with E-state index < -0.39 is 0 Å². The minimum atomic E-state index is 0.00876. The number of benzene rings is 2. The summed E-state index contributed by atoms with van der Waals surface area (Å²) in [6, 6.07) is 12.6. The SMILES string of the molecule is C/C=c1/cccc2c1=C(C)NB(c1cc(C)ccc1OC)N2. The van der Waals surface area contributed by atoms with Gasteiger partial charge in [0.2, 0.25) is 0 Å². The van der Waals surface area contributed by atoms with Gasteiger partial charge < -0.3 is 15.2 Å². The van der Waals surface area contributed by atoms with Gasteiger partial charge in [-0.05, 0) is 38.1 Å². The molecule has 0 aromatic heterocycles. The summed E-state index contributed by atoms with van der Waals surface area (Å²) in [7, 11) is 1.71. The van der Waals surface area contributed by atoms with Crippen LogP contribution in [0.2, 0.25) is 0 Å². The fraction of sp³-hybridized carbons (Fsp3) is 0.222. The first kappa shape index (κ1) is 14.6. The highest BCUT2D eigenvalue weighted by atomic mass is 16.5. The number of anilines is 1. The van der Waals surface area contributed by atoms with Crippen LogP contribution >= 0.6 is 0 Å². The van der Waals surface area contributed by atoms with Crippen molar-refractivity contribution in [2.75, 3.05) is 12.3 Å². The topological polar surface area (TPSA) is 33.3 Å². The second kappa shape index (κ2) is 5.80. The van der Waals surface area contributed by atoms with Crippen molar-refractivity contribution < 1.29 is 4.74 Å². The molecule has 4 heteroatoms. The van der Waals surface area contributed by atoms with Crippen LogP contribution in [0.5, 0.6) is 5.75 Å². The molecule has 0 aliphatic carbocycles. The summed E-state index contributed by atoms with van der Waals surface area (Å²) in [4.78, 5) is 0. The summed E-state index contributed by atoms with van der Waals surface area (Å²) in [6.07, 6.45) is 2.14. The van der Waals surface area contributed by atoms with Gasteiger partial charge in [0.25, 0.3) is 0 Å². The van der Waals surface area contributed by atoms with Gasteiger partial charge in [-0.3, -0.25) is 0 Å². The quantitative estimate of drug-likeness (QED) is 0.820. The van der Waals surface area contributed by atoms with Crippen molar-refractivity contribution in [1.29, 1.82) is 0 Å². The van der Waals surface area contributed by atoms with Crippen molar-refractivity contribution in [1.82, 2.24) is 5.23 Å². The summed E-state index contributed by atoms with van der Waals surface area (Å²) in [5.74, 6) is 0.894. The predicted molar refractivity (Wildman–Crippen MR) is 94.8 cm³/mol. The van der Waals surface area contributed by atoms with Crippen LogP contribution in [0.15, 0.2) is 36.4 Å². The van der Waals surface area contributed by atoms with Gasteiger partial charge in [0, 0.05) is 22.1 Å². The highest BCUT2D eigenvalue weighted by Gasteiger charge is 2.26. The van der Waals surface area contributed by atoms with E-state index in [9.17, 15) is 0 Å². The molecule has 1 aliphatic rings. The Morgan fingerprint density at radius 3 is 2.64 bits per heavy atom. The van der Waals surface area contributed by atoms with Gasteiger partial charge in [-0.1, -0.05) is 35.9 Å². The van der Waals surface area contributed by atoms with E-state index in [-0.39, 0.29) is 6.98 Å². The largest absolute Gasteiger partial charge is 0.497 e. The second-order valence-corrected chi connectivity index (χ2v) is 5.65. The van der Waals surface area contributed by atoms with Crippen LogP contribution in [0.25, 0.3) is 11.8 Å². The molecule has 0 saturated carbocycles. The summed E-state index contributed by atoms with van der Waals surface area (Å²) >= 11 is 0. The molecule has 22 heavy (non-hydrogen) atoms. The molecule has 2 aromatic carbocycles. The number of hydrogen-bond donors (Lipinski definition) is 2. The van der Waals surface area contributed by atoms with E-state index >= 15 is 0 Å². The fourth-order valence-corrected chi connectivity index (χ4v) is 3.06. The van der Waals surface area contributed by atoms with Gasteiger partial charge in [0.05, 0.1) is 7.11 Å². The molecule has 0 bridgehead atoms. The number of hydrogen-bond acceptors (Lipinski definition) is 3. The van der Waals surface area contributed by atoms with Gasteiger partial charge in [-0.15, -0.1) is 0 Å². The average molecular weight is 292 g/mol. The number of methoxy groups -OCH3 is 1. The molecule has 1 aliphatic heterocycles. The number of nitrogens with one attached hydrogen (secondary N) is 2. The normalized spacial score (nSPS) is 14.3. The predicted octanol–water partition coefficient (Wildman–Crippen LogP) is 1.34. The number of rotatable bonds is 2. The second-order valence-electron chi connectivity index (χ2n) is 5.65. The standard InChI is InChI=1S/C18H21BN2O/c1-5-14-7-6-8-16-18(14)13(3)20-19(21-16)15-11-12(2)9-10-17(15)22-4/h5-11,20-21H,1-4H3/b14-5-. The van der Waals surface area contributed by atoms with Crippen molar-refractivity contribution in [2.24, 2.45) is 0 Å². The van der Waals surface area contributed by atoms with E-state index in [1.165, 1.54) is 21.7 Å². The third-order valence-electron chi connectivity index (χ3n) is 4.14. The van der Waals surface area contributed by atoms with E-state index in [1.54, 1.807) is 7.11 Å². The zero-order chi connectivity index (χ0) is 15.7. The van der Waals surface area contributed by atoms with Crippen LogP contribution < -0.4 is 31.1 Å². The lowest BCUT2D eigenvalue weighted by Crippen LogP contribution is -2.57. The highest BCUT2D eigenvalue weighted by molar-refractivity contribution is 6.76. The van der Waals surface area contributed by atoms with Gasteiger partial charge in [-0.2, -0.15) is 0 Å². The number of aryl methyl sites for hydroxylation is 1. The molecule has 2 N–H and O–H groups in total. The first-order chi connectivity index (χ1) is 10.6. The average Bonchev–Trinajstić information content (AvgIpc) is 2.54. The van der Waals surface area contributed by atoms with Crippen molar-refractivity contribution >= 4 is 29.9 Å². The zero-order valence-corrected chi connectivity index (χ0v) is 13.5. The monoisotopic (exact) mass is 292 g/mol. The van der Waals surface area contributed by atoms with Gasteiger partial charge in [0.1, 0.15) is 5.75 Å². The van der Waals surface area contributed by atoms with E-state index in [0.717, 1.165) is 16.9 Å². The smallest absolute Gasteiger partial charge is 0.409 e. The lowest BCUT2D eigenvalue weighted by atomic mass is 9.65. The molecule has 0 amide bonds. The Bertz CT molecular complexity index is 829. The Balaban J connectivity index is 2.11. The summed E-state index contributed by atoms with van der Waals surface area (Å²) in [6.45, 7) is 6.30. The molecule has 112 valence electrons. The van der Waals surface area contributed by atoms with Crippen LogP contribution in [0.1, 0.15) is 19.4 Å². The van der Waals surface area contributed by atoms with Crippen molar-refractivity contribution in [3.8, 4) is 5.75 Å². The van der Waals surface area contributed by atoms with Crippen molar-refractivity contribution in [3.05, 3.63) is 52.4 Å². The molecule has 3 rings (SSSR count). The Labute approximate surface area is 131 Å². The van der Waals surface area contributed by atoms with E-state index in [4.69, 9.17) is 4.74 Å². The molecule has 2 aromatic rings. The van der Waals surface area contributed by atoms with Gasteiger partial charge in [-0.25, -0.2) is 0 Å². The van der Waals surface area contributed by atoms with Gasteiger partial charge >= 0.3 is 6.98 Å². The van der Waals surface area contributed by atoms with Crippen LogP contribution in [-0.4, -0.2) is 14.1 Å². The van der Waals surface area contributed by atoms with E-state index in [0.29, 0.717) is 0 Å². The molecule has 1 heterocycles. The maximum atomic E-state index is 5.53. The Morgan fingerprint density at radius 1 is 1.09 bits per heavy atom. The van der Waals surface area contributed by atoms with Gasteiger partial charge in [0.15, 0.2) is 0 Å². The third kappa shape index (κ3) is 2.45. The molecule has 0 fully saturated rings. The molecule has 0 unspecified atom stereocenters. The minimum absolute atomic E-state index is 0.00876. The molecule has 0 radical (unpaired) electrons. The lowest BCUT2D eigenvalue weighted by Gasteiger charge is -2.26. The Morgan fingerprint density at radius 2 is 1.91 bits per heavy atom. The molecule has 0 saturated heterocycles. The minimum Gasteiger partial charge on any atom is -0.497 e. The summed E-state index contributed by atoms with van der Waals surface area (Å²) in [5, 5.41) is 9.64. The molecule has 0 atom stereocenters. The molecular weight excluding hydrogens is 271 g/mol. The highest BCUT2D eigenvalue weighted by Crippen LogP contribution is 2.13. The summed E-state index contributed by atoms with van der Waals surface area (Å²) < 4.78 is 5.53. The maximum Gasteiger partial charge on any atom is 0.409 e. The first-order valence-corrected chi connectivity index (χ1v) is 7.58. The maximum absolute atomic E-state index is 5.53. The van der Waals surface area contributed by atoms with Crippen LogP contribution in [0, 0.1) is 6.92 Å². The Kier molecular flexibility index (Phi) is 3.84. The number of ether oxygens (including phenoxy) is 1. The number of fused-ring (bicyclic) bond motifs is 1. The molecular formula is C18H21BN2O. The van der Waals surface area contributed by atoms with Crippen LogP contribution in [0.3, 0.4) is 0 Å². The fourth-order valence-electron chi connectivity index (χ4n) is 3.06. The first-order valence-electron chi connectivity index (χ1n) is 7.58. The molecule has 0 spiro atoms. The lowest BCUT2D eigenvalue weighted by molar-refractivity contribution is 0.418. The third-order valence-corrected chi connectivity index (χ3v) is 4.14.